The molecule has 0 aliphatic carbocycles. The van der Waals surface area contributed by atoms with Crippen LogP contribution < -0.4 is 10.9 Å². The highest BCUT2D eigenvalue weighted by Crippen LogP contribution is 2.23. The van der Waals surface area contributed by atoms with Crippen LogP contribution in [0.1, 0.15) is 26.4 Å². The molecule has 7 heteroatoms. The second kappa shape index (κ2) is 5.80. The zero-order chi connectivity index (χ0) is 15.6. The number of carbonyl (C=O) groups is 2. The number of aromatic amines is 1. The molecule has 21 heavy (non-hydrogen) atoms. The van der Waals surface area contributed by atoms with Crippen molar-refractivity contribution in [3.05, 3.63) is 62.5 Å². The van der Waals surface area contributed by atoms with Crippen LogP contribution >= 0.6 is 11.6 Å². The summed E-state index contributed by atoms with van der Waals surface area (Å²) >= 11 is 5.90. The summed E-state index contributed by atoms with van der Waals surface area (Å²) in [5.41, 5.74) is 0.118. The summed E-state index contributed by atoms with van der Waals surface area (Å²) in [6, 6.07) is 6.88. The minimum Gasteiger partial charge on any atom is -0.478 e. The molecule has 0 saturated heterocycles. The van der Waals surface area contributed by atoms with Crippen molar-refractivity contribution in [2.75, 3.05) is 5.32 Å². The quantitative estimate of drug-likeness (QED) is 0.810. The number of carbonyl (C=O) groups excluding carboxylic acids is 1. The topological polar surface area (TPSA) is 99.3 Å². The van der Waals surface area contributed by atoms with Gasteiger partial charge in [-0.2, -0.15) is 0 Å². The Morgan fingerprint density at radius 3 is 2.57 bits per heavy atom. The molecule has 0 spiro atoms. The zero-order valence-corrected chi connectivity index (χ0v) is 11.7. The number of benzene rings is 1. The van der Waals surface area contributed by atoms with Crippen LogP contribution in [0.15, 0.2) is 35.1 Å². The molecule has 3 N–H and O–H groups in total. The van der Waals surface area contributed by atoms with Crippen LogP contribution in [0.25, 0.3) is 0 Å². The number of H-pyrrole nitrogens is 1. The highest BCUT2D eigenvalue weighted by Gasteiger charge is 2.14. The molecule has 6 nitrogen and oxygen atoms in total. The Morgan fingerprint density at radius 2 is 1.95 bits per heavy atom. The average Bonchev–Trinajstić information content (AvgIpc) is 2.40. The van der Waals surface area contributed by atoms with Gasteiger partial charge in [0.15, 0.2) is 0 Å². The normalized spacial score (nSPS) is 10.2. The molecule has 0 aliphatic heterocycles. The van der Waals surface area contributed by atoms with Crippen molar-refractivity contribution in [2.45, 2.75) is 6.92 Å². The highest BCUT2D eigenvalue weighted by atomic mass is 35.5. The third-order valence-corrected chi connectivity index (χ3v) is 3.09. The van der Waals surface area contributed by atoms with Crippen LogP contribution in [0.2, 0.25) is 5.02 Å². The molecule has 2 aromatic rings. The van der Waals surface area contributed by atoms with Crippen molar-refractivity contribution in [1.29, 1.82) is 0 Å². The summed E-state index contributed by atoms with van der Waals surface area (Å²) < 4.78 is 0. The van der Waals surface area contributed by atoms with Gasteiger partial charge in [-0.15, -0.1) is 0 Å². The Hall–Kier alpha value is -2.60. The Kier molecular flexibility index (Phi) is 4.09. The summed E-state index contributed by atoms with van der Waals surface area (Å²) in [4.78, 5) is 37.1. The minimum atomic E-state index is -1.14. The molecule has 1 aromatic heterocycles. The molecular formula is C14H11ClN2O4. The van der Waals surface area contributed by atoms with Crippen LogP contribution in [-0.4, -0.2) is 22.0 Å². The number of anilines is 1. The number of halogens is 1. The lowest BCUT2D eigenvalue weighted by molar-refractivity contribution is 0.0696. The van der Waals surface area contributed by atoms with Crippen molar-refractivity contribution in [3.63, 3.8) is 0 Å². The van der Waals surface area contributed by atoms with Crippen LogP contribution in [0.3, 0.4) is 0 Å². The summed E-state index contributed by atoms with van der Waals surface area (Å²) in [7, 11) is 0. The number of pyridine rings is 1. The number of rotatable bonds is 3. The van der Waals surface area contributed by atoms with Gasteiger partial charge in [-0.3, -0.25) is 9.59 Å². The van der Waals surface area contributed by atoms with Crippen molar-refractivity contribution >= 4 is 29.2 Å². The first-order valence-corrected chi connectivity index (χ1v) is 6.30. The molecule has 1 aromatic carbocycles. The summed E-state index contributed by atoms with van der Waals surface area (Å²) in [6.45, 7) is 1.69. The second-order valence-electron chi connectivity index (χ2n) is 4.34. The molecule has 0 atom stereocenters. The number of hydrogen-bond donors (Lipinski definition) is 3. The van der Waals surface area contributed by atoms with Gasteiger partial charge in [0.1, 0.15) is 5.56 Å². The Labute approximate surface area is 124 Å². The van der Waals surface area contributed by atoms with E-state index in [1.807, 2.05) is 0 Å². The molecule has 0 radical (unpaired) electrons. The van der Waals surface area contributed by atoms with Crippen LogP contribution in [-0.2, 0) is 0 Å². The number of carboxylic acid groups (broad SMARTS) is 1. The maximum absolute atomic E-state index is 12.0. The Bertz CT molecular complexity index is 783. The van der Waals surface area contributed by atoms with Gasteiger partial charge in [0.25, 0.3) is 11.5 Å². The Balaban J connectivity index is 2.33. The fraction of sp³-hybridized carbons (Fsp3) is 0.0714. The predicted octanol–water partition coefficient (Wildman–Crippen LogP) is 2.29. The molecular weight excluding hydrogens is 296 g/mol. The number of aromatic nitrogens is 1. The number of aromatic carboxylic acids is 1. The van der Waals surface area contributed by atoms with Crippen molar-refractivity contribution in [2.24, 2.45) is 0 Å². The number of carboxylic acids is 1. The van der Waals surface area contributed by atoms with Gasteiger partial charge in [-0.25, -0.2) is 4.79 Å². The third kappa shape index (κ3) is 3.29. The second-order valence-corrected chi connectivity index (χ2v) is 4.75. The lowest BCUT2D eigenvalue weighted by Gasteiger charge is -2.08. The fourth-order valence-electron chi connectivity index (χ4n) is 1.69. The molecule has 0 unspecified atom stereocenters. The molecule has 0 aliphatic rings. The van der Waals surface area contributed by atoms with Gasteiger partial charge in [-0.05, 0) is 37.3 Å². The van der Waals surface area contributed by atoms with Crippen molar-refractivity contribution in [3.8, 4) is 0 Å². The molecule has 2 rings (SSSR count). The largest absolute Gasteiger partial charge is 0.478 e. The van der Waals surface area contributed by atoms with Gasteiger partial charge in [-0.1, -0.05) is 11.6 Å². The number of hydrogen-bond acceptors (Lipinski definition) is 3. The number of aryl methyl sites for hydroxylation is 1. The minimum absolute atomic E-state index is 0.0208. The molecule has 0 fully saturated rings. The van der Waals surface area contributed by atoms with Crippen molar-refractivity contribution < 1.29 is 14.7 Å². The first-order valence-electron chi connectivity index (χ1n) is 5.92. The fourth-order valence-corrected chi connectivity index (χ4v) is 1.86. The van der Waals surface area contributed by atoms with Crippen LogP contribution in [0, 0.1) is 6.92 Å². The lowest BCUT2D eigenvalue weighted by Crippen LogP contribution is -2.23. The van der Waals surface area contributed by atoms with E-state index in [4.69, 9.17) is 16.7 Å². The van der Waals surface area contributed by atoms with E-state index in [2.05, 4.69) is 10.3 Å². The van der Waals surface area contributed by atoms with E-state index < -0.39 is 17.4 Å². The Morgan fingerprint density at radius 1 is 1.24 bits per heavy atom. The first kappa shape index (κ1) is 14.8. The monoisotopic (exact) mass is 306 g/mol. The van der Waals surface area contributed by atoms with Gasteiger partial charge < -0.3 is 15.4 Å². The SMILES string of the molecule is Cc1ccc(C(=O)Nc2cc(C(=O)O)ccc2Cl)c(=O)[nH]1. The van der Waals surface area contributed by atoms with Crippen LogP contribution in [0.5, 0.6) is 0 Å². The first-order chi connectivity index (χ1) is 9.88. The molecule has 1 heterocycles. The summed E-state index contributed by atoms with van der Waals surface area (Å²) in [5.74, 6) is -1.81. The molecule has 0 bridgehead atoms. The van der Waals surface area contributed by atoms with E-state index in [1.165, 1.54) is 24.3 Å². The number of nitrogens with one attached hydrogen (secondary N) is 2. The summed E-state index contributed by atoms with van der Waals surface area (Å²) in [5, 5.41) is 11.5. The van der Waals surface area contributed by atoms with Crippen molar-refractivity contribution in [1.82, 2.24) is 4.98 Å². The van der Waals surface area contributed by atoms with E-state index in [0.717, 1.165) is 0 Å². The van der Waals surface area contributed by atoms with E-state index in [1.54, 1.807) is 13.0 Å². The van der Waals surface area contributed by atoms with E-state index in [0.29, 0.717) is 5.69 Å². The average molecular weight is 307 g/mol. The maximum Gasteiger partial charge on any atom is 0.335 e. The van der Waals surface area contributed by atoms with E-state index in [9.17, 15) is 14.4 Å². The maximum atomic E-state index is 12.0. The van der Waals surface area contributed by atoms with Gasteiger partial charge in [0, 0.05) is 5.69 Å². The third-order valence-electron chi connectivity index (χ3n) is 2.76. The molecule has 1 amide bonds. The van der Waals surface area contributed by atoms with E-state index in [-0.39, 0.29) is 21.8 Å². The van der Waals surface area contributed by atoms with Crippen LogP contribution in [0.4, 0.5) is 5.69 Å². The van der Waals surface area contributed by atoms with E-state index >= 15 is 0 Å². The van der Waals surface area contributed by atoms with Gasteiger partial charge in [0.05, 0.1) is 16.3 Å². The van der Waals surface area contributed by atoms with Gasteiger partial charge in [0.2, 0.25) is 0 Å². The molecule has 0 saturated carbocycles. The predicted molar refractivity (Wildman–Crippen MR) is 78.2 cm³/mol. The smallest absolute Gasteiger partial charge is 0.335 e. The standard InChI is InChI=1S/C14H11ClN2O4/c1-7-2-4-9(12(18)16-7)13(19)17-11-6-8(14(20)21)3-5-10(11)15/h2-6H,1H3,(H,16,18)(H,17,19)(H,20,21). The summed E-state index contributed by atoms with van der Waals surface area (Å²) in [6.07, 6.45) is 0. The highest BCUT2D eigenvalue weighted by molar-refractivity contribution is 6.34. The lowest BCUT2D eigenvalue weighted by atomic mass is 10.2. The zero-order valence-electron chi connectivity index (χ0n) is 10.9. The number of amides is 1. The molecule has 108 valence electrons. The van der Waals surface area contributed by atoms with Gasteiger partial charge >= 0.3 is 5.97 Å².